The van der Waals surface area contributed by atoms with Gasteiger partial charge in [-0.25, -0.2) is 0 Å². The lowest BCUT2D eigenvalue weighted by Gasteiger charge is -2.29. The molecule has 2 atom stereocenters. The van der Waals surface area contributed by atoms with E-state index in [0.29, 0.717) is 6.42 Å². The Bertz CT molecular complexity index is 350. The monoisotopic (exact) mass is 235 g/mol. The van der Waals surface area contributed by atoms with Crippen LogP contribution in [-0.4, -0.2) is 29.0 Å². The Morgan fingerprint density at radius 2 is 1.94 bits per heavy atom. The summed E-state index contributed by atoms with van der Waals surface area (Å²) in [5, 5.41) is 10.2. The largest absolute Gasteiger partial charge is 0.386 e. The molecule has 0 saturated heterocycles. The number of benzene rings is 1. The van der Waals surface area contributed by atoms with Crippen molar-refractivity contribution >= 4 is 5.91 Å². The highest BCUT2D eigenvalue weighted by Gasteiger charge is 2.23. The Labute approximate surface area is 103 Å². The van der Waals surface area contributed by atoms with Crippen LogP contribution in [0.5, 0.6) is 0 Å². The molecule has 0 fully saturated rings. The molecule has 0 aliphatic heterocycles. The molecule has 94 valence electrons. The average molecular weight is 235 g/mol. The summed E-state index contributed by atoms with van der Waals surface area (Å²) in [5.74, 6) is 0.0787. The maximum atomic E-state index is 11.7. The summed E-state index contributed by atoms with van der Waals surface area (Å²) in [6, 6.07) is 9.22. The molecule has 1 N–H and O–H groups in total. The molecule has 0 radical (unpaired) electrons. The molecule has 1 rings (SSSR count). The molecule has 0 aliphatic rings. The van der Waals surface area contributed by atoms with Crippen molar-refractivity contribution in [3.63, 3.8) is 0 Å². The van der Waals surface area contributed by atoms with E-state index in [1.165, 1.54) is 0 Å². The number of amides is 1. The molecule has 0 bridgehead atoms. The van der Waals surface area contributed by atoms with E-state index in [-0.39, 0.29) is 11.9 Å². The second-order valence-electron chi connectivity index (χ2n) is 4.35. The maximum Gasteiger partial charge on any atom is 0.222 e. The predicted octanol–water partition coefficient (Wildman–Crippen LogP) is 2.37. The molecule has 3 nitrogen and oxygen atoms in total. The van der Waals surface area contributed by atoms with Crippen LogP contribution in [0.2, 0.25) is 0 Å². The normalized spacial score (nSPS) is 14.1. The number of rotatable bonds is 5. The third-order valence-electron chi connectivity index (χ3n) is 3.07. The third-order valence-corrected chi connectivity index (χ3v) is 3.07. The van der Waals surface area contributed by atoms with Crippen LogP contribution in [0.15, 0.2) is 30.3 Å². The molecular weight excluding hydrogens is 214 g/mol. The lowest BCUT2D eigenvalue weighted by atomic mass is 10.0. The molecule has 3 heteroatoms. The first-order valence-electron chi connectivity index (χ1n) is 6.06. The van der Waals surface area contributed by atoms with Gasteiger partial charge in [-0.3, -0.25) is 4.79 Å². The Balaban J connectivity index is 2.69. The van der Waals surface area contributed by atoms with E-state index >= 15 is 0 Å². The van der Waals surface area contributed by atoms with Crippen LogP contribution in [0.4, 0.5) is 0 Å². The average Bonchev–Trinajstić information content (AvgIpc) is 2.37. The fraction of sp³-hybridized carbons (Fsp3) is 0.500. The fourth-order valence-corrected chi connectivity index (χ4v) is 1.76. The van der Waals surface area contributed by atoms with E-state index in [0.717, 1.165) is 12.0 Å². The van der Waals surface area contributed by atoms with Gasteiger partial charge in [0.15, 0.2) is 0 Å². The van der Waals surface area contributed by atoms with E-state index in [2.05, 4.69) is 0 Å². The fourth-order valence-electron chi connectivity index (χ4n) is 1.76. The van der Waals surface area contributed by atoms with E-state index in [1.807, 2.05) is 44.2 Å². The molecule has 1 aromatic carbocycles. The van der Waals surface area contributed by atoms with Crippen LogP contribution >= 0.6 is 0 Å². The number of carbonyl (C=O) groups is 1. The van der Waals surface area contributed by atoms with Crippen molar-refractivity contribution in [3.8, 4) is 0 Å². The predicted molar refractivity (Wildman–Crippen MR) is 68.5 cm³/mol. The molecule has 1 aromatic rings. The molecule has 0 unspecified atom stereocenters. The minimum Gasteiger partial charge on any atom is -0.386 e. The molecule has 0 heterocycles. The van der Waals surface area contributed by atoms with Gasteiger partial charge in [0.05, 0.1) is 12.1 Å². The molecular formula is C14H21NO2. The smallest absolute Gasteiger partial charge is 0.222 e. The van der Waals surface area contributed by atoms with Crippen molar-refractivity contribution in [2.24, 2.45) is 0 Å². The zero-order valence-corrected chi connectivity index (χ0v) is 10.8. The SMILES string of the molecule is CCCC(=O)N(C)[C@H](C)[C@H](O)c1ccccc1. The van der Waals surface area contributed by atoms with Gasteiger partial charge in [-0.15, -0.1) is 0 Å². The number of aliphatic hydroxyl groups excluding tert-OH is 1. The summed E-state index contributed by atoms with van der Waals surface area (Å²) < 4.78 is 0. The number of hydrogen-bond donors (Lipinski definition) is 1. The van der Waals surface area contributed by atoms with E-state index < -0.39 is 6.10 Å². The second kappa shape index (κ2) is 6.40. The Morgan fingerprint density at radius 1 is 1.35 bits per heavy atom. The summed E-state index contributed by atoms with van der Waals surface area (Å²) >= 11 is 0. The summed E-state index contributed by atoms with van der Waals surface area (Å²) in [6.45, 7) is 3.84. The van der Waals surface area contributed by atoms with Gasteiger partial charge in [-0.1, -0.05) is 37.3 Å². The van der Waals surface area contributed by atoms with Gasteiger partial charge in [-0.05, 0) is 18.9 Å². The molecule has 0 spiro atoms. The topological polar surface area (TPSA) is 40.5 Å². The summed E-state index contributed by atoms with van der Waals surface area (Å²) in [6.07, 6.45) is 0.724. The van der Waals surface area contributed by atoms with Gasteiger partial charge >= 0.3 is 0 Å². The van der Waals surface area contributed by atoms with Crippen molar-refractivity contribution in [1.29, 1.82) is 0 Å². The number of carbonyl (C=O) groups excluding carboxylic acids is 1. The Kier molecular flexibility index (Phi) is 5.16. The van der Waals surface area contributed by atoms with Gasteiger partial charge in [0.1, 0.15) is 0 Å². The van der Waals surface area contributed by atoms with Crippen LogP contribution in [0.3, 0.4) is 0 Å². The Hall–Kier alpha value is -1.35. The van der Waals surface area contributed by atoms with Crippen molar-refractivity contribution in [2.75, 3.05) is 7.05 Å². The number of aliphatic hydroxyl groups is 1. The van der Waals surface area contributed by atoms with Gasteiger partial charge in [0.2, 0.25) is 5.91 Å². The van der Waals surface area contributed by atoms with E-state index in [4.69, 9.17) is 0 Å². The van der Waals surface area contributed by atoms with Crippen molar-refractivity contribution < 1.29 is 9.90 Å². The quantitative estimate of drug-likeness (QED) is 0.851. The summed E-state index contributed by atoms with van der Waals surface area (Å²) in [5.41, 5.74) is 0.844. The zero-order valence-electron chi connectivity index (χ0n) is 10.8. The lowest BCUT2D eigenvalue weighted by molar-refractivity contribution is -0.134. The van der Waals surface area contributed by atoms with Crippen LogP contribution in [0.1, 0.15) is 38.4 Å². The van der Waals surface area contributed by atoms with Crippen LogP contribution in [0.25, 0.3) is 0 Å². The third kappa shape index (κ3) is 3.56. The summed E-state index contributed by atoms with van der Waals surface area (Å²) in [4.78, 5) is 13.4. The maximum absolute atomic E-state index is 11.7. The van der Waals surface area contributed by atoms with Crippen molar-refractivity contribution in [2.45, 2.75) is 38.8 Å². The number of hydrogen-bond acceptors (Lipinski definition) is 2. The molecule has 1 amide bonds. The minimum atomic E-state index is -0.637. The number of nitrogens with zero attached hydrogens (tertiary/aromatic N) is 1. The van der Waals surface area contributed by atoms with Crippen molar-refractivity contribution in [3.05, 3.63) is 35.9 Å². The van der Waals surface area contributed by atoms with E-state index in [1.54, 1.807) is 11.9 Å². The van der Waals surface area contributed by atoms with Crippen LogP contribution < -0.4 is 0 Å². The molecule has 0 saturated carbocycles. The van der Waals surface area contributed by atoms with Gasteiger partial charge in [0, 0.05) is 13.5 Å². The lowest BCUT2D eigenvalue weighted by Crippen LogP contribution is -2.38. The standard InChI is InChI=1S/C14H21NO2/c1-4-8-13(16)15(3)11(2)14(17)12-9-6-5-7-10-12/h5-7,9-11,14,17H,4,8H2,1-3H3/t11-,14+/m1/s1. The van der Waals surface area contributed by atoms with Crippen LogP contribution in [-0.2, 0) is 4.79 Å². The highest BCUT2D eigenvalue weighted by Crippen LogP contribution is 2.20. The van der Waals surface area contributed by atoms with Gasteiger partial charge in [0.25, 0.3) is 0 Å². The highest BCUT2D eigenvalue weighted by atomic mass is 16.3. The van der Waals surface area contributed by atoms with Crippen LogP contribution in [0, 0.1) is 0 Å². The van der Waals surface area contributed by atoms with E-state index in [9.17, 15) is 9.90 Å². The molecule has 0 aliphatic carbocycles. The molecule has 0 aromatic heterocycles. The van der Waals surface area contributed by atoms with Gasteiger partial charge in [-0.2, -0.15) is 0 Å². The first kappa shape index (κ1) is 13.7. The first-order valence-corrected chi connectivity index (χ1v) is 6.06. The minimum absolute atomic E-state index is 0.0787. The molecule has 17 heavy (non-hydrogen) atoms. The highest BCUT2D eigenvalue weighted by molar-refractivity contribution is 5.76. The second-order valence-corrected chi connectivity index (χ2v) is 4.35. The summed E-state index contributed by atoms with van der Waals surface area (Å²) in [7, 11) is 1.74. The number of likely N-dealkylation sites (N-methyl/N-ethyl adjacent to an activating group) is 1. The van der Waals surface area contributed by atoms with Crippen molar-refractivity contribution in [1.82, 2.24) is 4.90 Å². The zero-order chi connectivity index (χ0) is 12.8. The van der Waals surface area contributed by atoms with Gasteiger partial charge < -0.3 is 10.0 Å². The first-order chi connectivity index (χ1) is 8.07. The Morgan fingerprint density at radius 3 is 2.47 bits per heavy atom.